The number of rotatable bonds is 9. The first-order valence-electron chi connectivity index (χ1n) is 9.45. The van der Waals surface area contributed by atoms with E-state index in [1.165, 1.54) is 37.6 Å². The molecule has 0 atom stereocenters. The van der Waals surface area contributed by atoms with Crippen LogP contribution in [0.1, 0.15) is 5.76 Å². The summed E-state index contributed by atoms with van der Waals surface area (Å²) < 4.78 is 35.9. The number of benzene rings is 2. The first-order valence-corrected chi connectivity index (χ1v) is 11.3. The molecule has 33 heavy (non-hydrogen) atoms. The average Bonchev–Trinajstić information content (AvgIpc) is 3.26. The number of anilines is 1. The van der Waals surface area contributed by atoms with Gasteiger partial charge in [0.15, 0.2) is 0 Å². The van der Waals surface area contributed by atoms with Gasteiger partial charge in [0.1, 0.15) is 23.8 Å². The van der Waals surface area contributed by atoms with Crippen LogP contribution in [-0.2, 0) is 14.8 Å². The zero-order chi connectivity index (χ0) is 24.0. The zero-order valence-corrected chi connectivity index (χ0v) is 18.5. The van der Waals surface area contributed by atoms with Crippen LogP contribution < -0.4 is 14.5 Å². The van der Waals surface area contributed by atoms with Crippen molar-refractivity contribution in [2.75, 3.05) is 24.2 Å². The van der Waals surface area contributed by atoms with Crippen molar-refractivity contribution in [1.82, 2.24) is 5.43 Å². The van der Waals surface area contributed by atoms with Crippen LogP contribution in [0.4, 0.5) is 11.4 Å². The van der Waals surface area contributed by atoms with Crippen LogP contribution in [0.2, 0.25) is 0 Å². The summed E-state index contributed by atoms with van der Waals surface area (Å²) in [6.07, 6.45) is 2.25. The first-order chi connectivity index (χ1) is 15.7. The fourth-order valence-corrected chi connectivity index (χ4v) is 3.66. The maximum Gasteiger partial charge on any atom is 0.269 e. The highest BCUT2D eigenvalue weighted by Gasteiger charge is 2.20. The van der Waals surface area contributed by atoms with Crippen LogP contribution in [0.5, 0.6) is 5.75 Å². The van der Waals surface area contributed by atoms with Gasteiger partial charge in [-0.2, -0.15) is 5.10 Å². The van der Waals surface area contributed by atoms with Crippen molar-refractivity contribution >= 4 is 33.5 Å². The monoisotopic (exact) mass is 472 g/mol. The number of carbonyl (C=O) groups excluding carboxylic acids is 1. The van der Waals surface area contributed by atoms with Crippen LogP contribution in [0.25, 0.3) is 11.3 Å². The molecule has 3 rings (SSSR count). The molecule has 2 aromatic carbocycles. The number of nitro groups is 1. The number of furan rings is 1. The van der Waals surface area contributed by atoms with Gasteiger partial charge < -0.3 is 9.15 Å². The van der Waals surface area contributed by atoms with Gasteiger partial charge in [0.05, 0.1) is 30.2 Å². The number of methoxy groups -OCH3 is 1. The Hall–Kier alpha value is -4.19. The minimum absolute atomic E-state index is 0.0346. The lowest BCUT2D eigenvalue weighted by molar-refractivity contribution is -0.384. The Kier molecular flexibility index (Phi) is 7.08. The van der Waals surface area contributed by atoms with Crippen molar-refractivity contribution in [3.05, 3.63) is 76.5 Å². The molecule has 0 spiro atoms. The number of amides is 1. The van der Waals surface area contributed by atoms with E-state index in [4.69, 9.17) is 9.15 Å². The first kappa shape index (κ1) is 23.5. The van der Waals surface area contributed by atoms with E-state index < -0.39 is 27.4 Å². The van der Waals surface area contributed by atoms with E-state index in [0.29, 0.717) is 28.5 Å². The largest absolute Gasteiger partial charge is 0.497 e. The third-order valence-electron chi connectivity index (χ3n) is 4.42. The van der Waals surface area contributed by atoms with Gasteiger partial charge >= 0.3 is 0 Å². The lowest BCUT2D eigenvalue weighted by Gasteiger charge is -2.21. The third-order valence-corrected chi connectivity index (χ3v) is 5.56. The van der Waals surface area contributed by atoms with E-state index in [-0.39, 0.29) is 5.69 Å². The lowest BCUT2D eigenvalue weighted by Crippen LogP contribution is -2.38. The normalized spacial score (nSPS) is 11.3. The molecular weight excluding hydrogens is 452 g/mol. The van der Waals surface area contributed by atoms with Gasteiger partial charge in [0, 0.05) is 17.7 Å². The Morgan fingerprint density at radius 3 is 2.39 bits per heavy atom. The predicted octanol–water partition coefficient (Wildman–Crippen LogP) is 2.78. The number of ether oxygens (including phenoxy) is 1. The number of hydrazone groups is 1. The summed E-state index contributed by atoms with van der Waals surface area (Å²) in [5.74, 6) is 0.668. The minimum atomic E-state index is -3.73. The van der Waals surface area contributed by atoms with Crippen LogP contribution in [0.15, 0.2) is 70.2 Å². The molecule has 172 valence electrons. The van der Waals surface area contributed by atoms with Gasteiger partial charge in [-0.25, -0.2) is 13.8 Å². The fraction of sp³-hybridized carbons (Fsp3) is 0.143. The molecule has 11 nitrogen and oxygen atoms in total. The molecule has 0 unspecified atom stereocenters. The molecule has 1 aromatic heterocycles. The van der Waals surface area contributed by atoms with Crippen LogP contribution in [0, 0.1) is 10.1 Å². The molecule has 3 aromatic rings. The second-order valence-corrected chi connectivity index (χ2v) is 8.67. The molecule has 12 heteroatoms. The second kappa shape index (κ2) is 9.96. The van der Waals surface area contributed by atoms with Crippen molar-refractivity contribution < 1.29 is 27.3 Å². The lowest BCUT2D eigenvalue weighted by atomic mass is 10.1. The number of carbonyl (C=O) groups is 1. The van der Waals surface area contributed by atoms with E-state index in [1.54, 1.807) is 36.4 Å². The summed E-state index contributed by atoms with van der Waals surface area (Å²) in [4.78, 5) is 22.5. The number of hydrogen-bond donors (Lipinski definition) is 1. The summed E-state index contributed by atoms with van der Waals surface area (Å²) in [5, 5.41) is 14.5. The minimum Gasteiger partial charge on any atom is -0.497 e. The number of sulfonamides is 1. The maximum absolute atomic E-state index is 12.3. The molecule has 1 N–H and O–H groups in total. The van der Waals surface area contributed by atoms with Crippen molar-refractivity contribution in [3.8, 4) is 17.1 Å². The van der Waals surface area contributed by atoms with Crippen molar-refractivity contribution in [3.63, 3.8) is 0 Å². The number of hydrogen-bond acceptors (Lipinski definition) is 8. The Labute approximate surface area is 189 Å². The Balaban J connectivity index is 1.63. The number of non-ortho nitro benzene ring substituents is 1. The smallest absolute Gasteiger partial charge is 0.269 e. The third kappa shape index (κ3) is 6.17. The molecule has 0 saturated heterocycles. The van der Waals surface area contributed by atoms with E-state index in [1.807, 2.05) is 0 Å². The van der Waals surface area contributed by atoms with Crippen LogP contribution in [-0.4, -0.2) is 45.4 Å². The average molecular weight is 472 g/mol. The molecule has 0 aliphatic rings. The molecule has 0 fully saturated rings. The van der Waals surface area contributed by atoms with Crippen molar-refractivity contribution in [2.24, 2.45) is 5.10 Å². The zero-order valence-electron chi connectivity index (χ0n) is 17.7. The molecule has 0 aliphatic carbocycles. The Bertz CT molecular complexity index is 1270. The van der Waals surface area contributed by atoms with Gasteiger partial charge in [-0.15, -0.1) is 0 Å². The summed E-state index contributed by atoms with van der Waals surface area (Å²) in [6.45, 7) is -0.477. The molecule has 0 saturated carbocycles. The number of nitro benzene ring substituents is 1. The van der Waals surface area contributed by atoms with Gasteiger partial charge in [-0.1, -0.05) is 0 Å². The Morgan fingerprint density at radius 2 is 1.82 bits per heavy atom. The van der Waals surface area contributed by atoms with Crippen molar-refractivity contribution in [1.29, 1.82) is 0 Å². The van der Waals surface area contributed by atoms with E-state index >= 15 is 0 Å². The summed E-state index contributed by atoms with van der Waals surface area (Å²) in [6, 6.07) is 15.3. The summed E-state index contributed by atoms with van der Waals surface area (Å²) >= 11 is 0. The van der Waals surface area contributed by atoms with E-state index in [0.717, 1.165) is 10.6 Å². The molecule has 0 aliphatic heterocycles. The van der Waals surface area contributed by atoms with Gasteiger partial charge in [0.25, 0.3) is 11.6 Å². The number of nitrogens with one attached hydrogen (secondary N) is 1. The summed E-state index contributed by atoms with van der Waals surface area (Å²) in [5.41, 5.74) is 3.16. The Morgan fingerprint density at radius 1 is 1.15 bits per heavy atom. The van der Waals surface area contributed by atoms with E-state index in [2.05, 4.69) is 10.5 Å². The van der Waals surface area contributed by atoms with Gasteiger partial charge in [0.2, 0.25) is 10.0 Å². The molecule has 0 bridgehead atoms. The molecular formula is C21H20N4O7S. The molecule has 1 amide bonds. The standard InChI is InChI=1S/C21H20N4O7S/c1-31-18-9-7-16(8-10-18)24(33(2,29)30)14-21(26)23-22-13-19-11-12-20(32-19)15-3-5-17(6-4-15)25(27)28/h3-13H,14H2,1-2H3,(H,23,26)/b22-13-. The molecule has 1 heterocycles. The van der Waals surface area contributed by atoms with Crippen molar-refractivity contribution in [2.45, 2.75) is 0 Å². The fourth-order valence-electron chi connectivity index (χ4n) is 2.81. The highest BCUT2D eigenvalue weighted by molar-refractivity contribution is 7.92. The second-order valence-electron chi connectivity index (χ2n) is 6.77. The highest BCUT2D eigenvalue weighted by atomic mass is 32.2. The van der Waals surface area contributed by atoms with Gasteiger partial charge in [-0.3, -0.25) is 19.2 Å². The summed E-state index contributed by atoms with van der Waals surface area (Å²) in [7, 11) is -2.24. The highest BCUT2D eigenvalue weighted by Crippen LogP contribution is 2.24. The van der Waals surface area contributed by atoms with E-state index in [9.17, 15) is 23.3 Å². The molecule has 0 radical (unpaired) electrons. The maximum atomic E-state index is 12.3. The number of nitrogens with zero attached hydrogens (tertiary/aromatic N) is 3. The predicted molar refractivity (Wildman–Crippen MR) is 122 cm³/mol. The van der Waals surface area contributed by atoms with Crippen LogP contribution in [0.3, 0.4) is 0 Å². The topological polar surface area (TPSA) is 144 Å². The van der Waals surface area contributed by atoms with Gasteiger partial charge in [-0.05, 0) is 48.5 Å². The van der Waals surface area contributed by atoms with Crippen LogP contribution >= 0.6 is 0 Å². The SMILES string of the molecule is COc1ccc(N(CC(=O)N/N=C\c2ccc(-c3ccc([N+](=O)[O-])cc3)o2)S(C)(=O)=O)cc1. The quantitative estimate of drug-likeness (QED) is 0.286.